The number of guanidine groups is 1. The zero-order valence-electron chi connectivity index (χ0n) is 11.7. The van der Waals surface area contributed by atoms with Crippen LogP contribution in [0.3, 0.4) is 0 Å². The van der Waals surface area contributed by atoms with E-state index in [-0.39, 0.29) is 24.0 Å². The Kier molecular flexibility index (Phi) is 11.0. The summed E-state index contributed by atoms with van der Waals surface area (Å²) in [7, 11) is 0. The van der Waals surface area contributed by atoms with Crippen LogP contribution in [0, 0.1) is 0 Å². The standard InChI is InChI=1S/C11H22N6S.HI/c1-4-12-11(13-6-7-18-3)14-8-10-16-15-9-17(10)5-2;/h9H,4-8H2,1-3H3,(H2,12,13,14);1H. The first-order chi connectivity index (χ1) is 8.81. The largest absolute Gasteiger partial charge is 0.357 e. The van der Waals surface area contributed by atoms with E-state index in [4.69, 9.17) is 0 Å². The number of thioether (sulfide) groups is 1. The second-order valence-electron chi connectivity index (χ2n) is 3.65. The molecule has 0 bridgehead atoms. The van der Waals surface area contributed by atoms with Crippen LogP contribution in [-0.2, 0) is 13.1 Å². The van der Waals surface area contributed by atoms with Crippen molar-refractivity contribution in [3.05, 3.63) is 12.2 Å². The molecule has 1 rings (SSSR count). The van der Waals surface area contributed by atoms with E-state index in [1.807, 2.05) is 16.3 Å². The Balaban J connectivity index is 0.00000324. The van der Waals surface area contributed by atoms with E-state index in [0.29, 0.717) is 6.54 Å². The second-order valence-corrected chi connectivity index (χ2v) is 4.63. The van der Waals surface area contributed by atoms with Gasteiger partial charge < -0.3 is 15.2 Å². The number of aromatic nitrogens is 3. The van der Waals surface area contributed by atoms with Gasteiger partial charge in [-0.05, 0) is 20.1 Å². The Bertz CT molecular complexity index is 368. The molecule has 6 nitrogen and oxygen atoms in total. The van der Waals surface area contributed by atoms with Crippen molar-refractivity contribution in [2.45, 2.75) is 26.9 Å². The fourth-order valence-electron chi connectivity index (χ4n) is 1.43. The highest BCUT2D eigenvalue weighted by Gasteiger charge is 2.02. The molecule has 0 aliphatic heterocycles. The van der Waals surface area contributed by atoms with E-state index in [1.54, 1.807) is 6.33 Å². The Morgan fingerprint density at radius 2 is 2.21 bits per heavy atom. The molecule has 0 saturated carbocycles. The van der Waals surface area contributed by atoms with Gasteiger partial charge in [-0.3, -0.25) is 0 Å². The van der Waals surface area contributed by atoms with Crippen LogP contribution in [0.25, 0.3) is 0 Å². The molecule has 0 atom stereocenters. The molecule has 0 unspecified atom stereocenters. The van der Waals surface area contributed by atoms with Crippen LogP contribution in [-0.4, -0.2) is 45.8 Å². The smallest absolute Gasteiger partial charge is 0.191 e. The molecule has 1 aromatic heterocycles. The quantitative estimate of drug-likeness (QED) is 0.314. The van der Waals surface area contributed by atoms with Gasteiger partial charge in [0, 0.05) is 25.4 Å². The van der Waals surface area contributed by atoms with E-state index in [2.05, 4.69) is 45.9 Å². The molecule has 0 saturated heterocycles. The first kappa shape index (κ1) is 18.5. The molecule has 19 heavy (non-hydrogen) atoms. The molecule has 0 aliphatic carbocycles. The third kappa shape index (κ3) is 7.00. The number of aryl methyl sites for hydroxylation is 1. The zero-order chi connectivity index (χ0) is 13.2. The van der Waals surface area contributed by atoms with Gasteiger partial charge in [0.15, 0.2) is 11.8 Å². The summed E-state index contributed by atoms with van der Waals surface area (Å²) >= 11 is 1.81. The highest BCUT2D eigenvalue weighted by atomic mass is 127. The highest BCUT2D eigenvalue weighted by molar-refractivity contribution is 14.0. The van der Waals surface area contributed by atoms with Crippen LogP contribution in [0.5, 0.6) is 0 Å². The van der Waals surface area contributed by atoms with Crippen molar-refractivity contribution in [2.24, 2.45) is 4.99 Å². The van der Waals surface area contributed by atoms with Crippen LogP contribution in [0.4, 0.5) is 0 Å². The Labute approximate surface area is 136 Å². The van der Waals surface area contributed by atoms with Gasteiger partial charge in [-0.25, -0.2) is 4.99 Å². The summed E-state index contributed by atoms with van der Waals surface area (Å²) in [4.78, 5) is 4.50. The van der Waals surface area contributed by atoms with Gasteiger partial charge in [0.05, 0.1) is 0 Å². The van der Waals surface area contributed by atoms with Crippen molar-refractivity contribution < 1.29 is 0 Å². The molecular formula is C11H23IN6S. The lowest BCUT2D eigenvalue weighted by Crippen LogP contribution is -2.38. The van der Waals surface area contributed by atoms with Crippen LogP contribution < -0.4 is 10.6 Å². The summed E-state index contributed by atoms with van der Waals surface area (Å²) < 4.78 is 2.00. The fourth-order valence-corrected chi connectivity index (χ4v) is 1.73. The van der Waals surface area contributed by atoms with Gasteiger partial charge in [-0.15, -0.1) is 34.2 Å². The van der Waals surface area contributed by atoms with Gasteiger partial charge >= 0.3 is 0 Å². The van der Waals surface area contributed by atoms with E-state index in [0.717, 1.165) is 37.2 Å². The number of rotatable bonds is 7. The summed E-state index contributed by atoms with van der Waals surface area (Å²) in [5, 5.41) is 14.4. The van der Waals surface area contributed by atoms with E-state index < -0.39 is 0 Å². The molecule has 1 aromatic rings. The highest BCUT2D eigenvalue weighted by Crippen LogP contribution is 1.97. The van der Waals surface area contributed by atoms with Gasteiger partial charge in [-0.2, -0.15) is 11.8 Å². The van der Waals surface area contributed by atoms with Crippen LogP contribution in [0.1, 0.15) is 19.7 Å². The molecule has 0 aliphatic rings. The van der Waals surface area contributed by atoms with Gasteiger partial charge in [0.1, 0.15) is 12.9 Å². The monoisotopic (exact) mass is 398 g/mol. The van der Waals surface area contributed by atoms with Gasteiger partial charge in [0.2, 0.25) is 0 Å². The molecule has 0 amide bonds. The topological polar surface area (TPSA) is 67.1 Å². The molecule has 110 valence electrons. The summed E-state index contributed by atoms with van der Waals surface area (Å²) in [6, 6.07) is 0. The number of aliphatic imine (C=N–C) groups is 1. The van der Waals surface area contributed by atoms with Crippen LogP contribution in [0.15, 0.2) is 11.3 Å². The molecular weight excluding hydrogens is 375 g/mol. The number of nitrogens with one attached hydrogen (secondary N) is 2. The lowest BCUT2D eigenvalue weighted by molar-refractivity contribution is 0.695. The third-order valence-corrected chi connectivity index (χ3v) is 2.97. The average Bonchev–Trinajstić information content (AvgIpc) is 2.83. The van der Waals surface area contributed by atoms with Crippen molar-refractivity contribution in [2.75, 3.05) is 25.1 Å². The minimum absolute atomic E-state index is 0. The van der Waals surface area contributed by atoms with Crippen molar-refractivity contribution >= 4 is 41.7 Å². The average molecular weight is 398 g/mol. The maximum atomic E-state index is 4.50. The first-order valence-corrected chi connectivity index (χ1v) is 7.59. The Morgan fingerprint density at radius 3 is 2.84 bits per heavy atom. The lowest BCUT2D eigenvalue weighted by Gasteiger charge is -2.10. The minimum atomic E-state index is 0. The predicted octanol–water partition coefficient (Wildman–Crippen LogP) is 1.33. The SMILES string of the molecule is CCNC(=NCc1nncn1CC)NCCSC.I. The number of hydrogen-bond acceptors (Lipinski definition) is 4. The van der Waals surface area contributed by atoms with Crippen molar-refractivity contribution in [1.29, 1.82) is 0 Å². The molecule has 0 radical (unpaired) electrons. The molecule has 0 aromatic carbocycles. The van der Waals surface area contributed by atoms with Crippen LogP contribution in [0.2, 0.25) is 0 Å². The maximum Gasteiger partial charge on any atom is 0.191 e. The summed E-state index contributed by atoms with van der Waals surface area (Å²) in [6.07, 6.45) is 3.83. The van der Waals surface area contributed by atoms with Gasteiger partial charge in [0.25, 0.3) is 0 Å². The zero-order valence-corrected chi connectivity index (χ0v) is 14.9. The van der Waals surface area contributed by atoms with Gasteiger partial charge in [-0.1, -0.05) is 0 Å². The molecule has 2 N–H and O–H groups in total. The Hall–Kier alpha value is -0.510. The second kappa shape index (κ2) is 11.3. The summed E-state index contributed by atoms with van der Waals surface area (Å²) in [5.74, 6) is 2.78. The lowest BCUT2D eigenvalue weighted by atomic mass is 10.5. The van der Waals surface area contributed by atoms with E-state index in [1.165, 1.54) is 0 Å². The maximum absolute atomic E-state index is 4.50. The summed E-state index contributed by atoms with van der Waals surface area (Å²) in [5.41, 5.74) is 0. The number of nitrogens with zero attached hydrogens (tertiary/aromatic N) is 4. The van der Waals surface area contributed by atoms with Crippen molar-refractivity contribution in [3.8, 4) is 0 Å². The normalized spacial score (nSPS) is 11.0. The fraction of sp³-hybridized carbons (Fsp3) is 0.727. The Morgan fingerprint density at radius 1 is 1.42 bits per heavy atom. The predicted molar refractivity (Wildman–Crippen MR) is 92.3 cm³/mol. The third-order valence-electron chi connectivity index (χ3n) is 2.36. The number of halogens is 1. The molecule has 0 spiro atoms. The minimum Gasteiger partial charge on any atom is -0.357 e. The van der Waals surface area contributed by atoms with E-state index >= 15 is 0 Å². The summed E-state index contributed by atoms with van der Waals surface area (Å²) in [6.45, 7) is 7.30. The van der Waals surface area contributed by atoms with Crippen molar-refractivity contribution in [3.63, 3.8) is 0 Å². The number of hydrogen-bond donors (Lipinski definition) is 2. The first-order valence-electron chi connectivity index (χ1n) is 6.19. The molecule has 1 heterocycles. The van der Waals surface area contributed by atoms with E-state index in [9.17, 15) is 0 Å². The molecule has 0 fully saturated rings. The molecule has 8 heteroatoms. The van der Waals surface area contributed by atoms with Crippen molar-refractivity contribution in [1.82, 2.24) is 25.4 Å². The van der Waals surface area contributed by atoms with Crippen LogP contribution >= 0.6 is 35.7 Å².